The van der Waals surface area contributed by atoms with E-state index in [2.05, 4.69) is 22.6 Å². The normalized spacial score (nSPS) is 33.1. The molecule has 0 saturated heterocycles. The summed E-state index contributed by atoms with van der Waals surface area (Å²) in [5.41, 5.74) is 0.331. The van der Waals surface area contributed by atoms with Crippen LogP contribution in [0.4, 0.5) is 0 Å². The predicted octanol–water partition coefficient (Wildman–Crippen LogP) is 2.07. The summed E-state index contributed by atoms with van der Waals surface area (Å²) >= 11 is 2.26. The van der Waals surface area contributed by atoms with Gasteiger partial charge in [-0.15, -0.1) is 0 Å². The van der Waals surface area contributed by atoms with Crippen LogP contribution in [0.3, 0.4) is 0 Å². The summed E-state index contributed by atoms with van der Waals surface area (Å²) in [4.78, 5) is 11.0. The molecule has 1 rings (SSSR count). The molecule has 1 heterocycles. The van der Waals surface area contributed by atoms with E-state index < -0.39 is 0 Å². The van der Waals surface area contributed by atoms with Crippen LogP contribution < -0.4 is 0 Å². The van der Waals surface area contributed by atoms with Crippen molar-refractivity contribution in [1.82, 2.24) is 0 Å². The number of hydrogen-bond donors (Lipinski definition) is 0. The van der Waals surface area contributed by atoms with Crippen LogP contribution in [0, 0.1) is 0 Å². The third-order valence-corrected chi connectivity index (χ3v) is 3.16. The molecule has 2 atom stereocenters. The lowest BCUT2D eigenvalue weighted by Gasteiger charge is -2.23. The highest BCUT2D eigenvalue weighted by Crippen LogP contribution is 2.31. The van der Waals surface area contributed by atoms with Gasteiger partial charge in [0.2, 0.25) is 0 Å². The van der Waals surface area contributed by atoms with Gasteiger partial charge >= 0.3 is 5.97 Å². The maximum atomic E-state index is 11.0. The second-order valence-corrected chi connectivity index (χ2v) is 4.89. The molecule has 0 N–H and O–H groups in total. The van der Waals surface area contributed by atoms with Crippen molar-refractivity contribution >= 4 is 28.6 Å². The van der Waals surface area contributed by atoms with Gasteiger partial charge < -0.3 is 4.74 Å². The Balaban J connectivity index is 2.88. The molecule has 0 spiro atoms. The molecule has 0 aromatic carbocycles. The van der Waals surface area contributed by atoms with E-state index in [-0.39, 0.29) is 11.6 Å². The highest BCUT2D eigenvalue weighted by molar-refractivity contribution is 14.1. The van der Waals surface area contributed by atoms with E-state index in [1.807, 2.05) is 19.9 Å². The molecule has 0 saturated carbocycles. The first-order chi connectivity index (χ1) is 4.96. The molecule has 11 heavy (non-hydrogen) atoms. The van der Waals surface area contributed by atoms with Crippen LogP contribution in [0.25, 0.3) is 0 Å². The van der Waals surface area contributed by atoms with Crippen LogP contribution in [-0.4, -0.2) is 15.5 Å². The maximum Gasteiger partial charge on any atom is 0.334 e. The molecule has 3 heteroatoms. The number of esters is 1. The molecule has 0 aliphatic carbocycles. The van der Waals surface area contributed by atoms with E-state index >= 15 is 0 Å². The van der Waals surface area contributed by atoms with Gasteiger partial charge in [-0.3, -0.25) is 0 Å². The minimum atomic E-state index is -0.387. The zero-order valence-electron chi connectivity index (χ0n) is 6.85. The number of carbonyl (C=O) groups is 1. The first kappa shape index (κ1) is 9.03. The van der Waals surface area contributed by atoms with Gasteiger partial charge in [-0.05, 0) is 26.8 Å². The fourth-order valence-corrected chi connectivity index (χ4v) is 1.30. The molecule has 0 amide bonds. The molecular formula is C8H11IO2. The topological polar surface area (TPSA) is 26.3 Å². The lowest BCUT2D eigenvalue weighted by Crippen LogP contribution is -2.32. The van der Waals surface area contributed by atoms with Gasteiger partial charge in [-0.1, -0.05) is 22.6 Å². The number of halogens is 1. The van der Waals surface area contributed by atoms with Crippen molar-refractivity contribution in [2.45, 2.75) is 30.3 Å². The summed E-state index contributed by atoms with van der Waals surface area (Å²) in [6, 6.07) is 0. The van der Waals surface area contributed by atoms with Crippen LogP contribution in [-0.2, 0) is 9.53 Å². The summed E-state index contributed by atoms with van der Waals surface area (Å²) < 4.78 is 5.49. The molecule has 1 unspecified atom stereocenters. The van der Waals surface area contributed by atoms with Crippen molar-refractivity contribution in [3.05, 3.63) is 11.6 Å². The van der Waals surface area contributed by atoms with Gasteiger partial charge in [0.15, 0.2) is 0 Å². The Labute approximate surface area is 80.1 Å². The molecule has 1 aliphatic rings. The minimum absolute atomic E-state index is 0.184. The first-order valence-electron chi connectivity index (χ1n) is 3.52. The van der Waals surface area contributed by atoms with Gasteiger partial charge in [-0.25, -0.2) is 4.79 Å². The number of hydrogen-bond acceptors (Lipinski definition) is 2. The lowest BCUT2D eigenvalue weighted by molar-refractivity contribution is -0.144. The monoisotopic (exact) mass is 266 g/mol. The predicted molar refractivity (Wildman–Crippen MR) is 51.7 cm³/mol. The van der Waals surface area contributed by atoms with Crippen LogP contribution in [0.15, 0.2) is 11.6 Å². The molecule has 2 nitrogen and oxygen atoms in total. The second-order valence-electron chi connectivity index (χ2n) is 3.02. The summed E-state index contributed by atoms with van der Waals surface area (Å²) in [7, 11) is 0. The van der Waals surface area contributed by atoms with Crippen molar-refractivity contribution < 1.29 is 9.53 Å². The molecule has 0 bridgehead atoms. The van der Waals surface area contributed by atoms with Gasteiger partial charge in [-0.2, -0.15) is 0 Å². The number of cyclic esters (lactones) is 1. The fraction of sp³-hybridized carbons (Fsp3) is 0.625. The average molecular weight is 266 g/mol. The molecule has 0 aromatic rings. The number of alkyl halides is 1. The quantitative estimate of drug-likeness (QED) is 0.412. The van der Waals surface area contributed by atoms with Crippen LogP contribution >= 0.6 is 22.6 Å². The SMILES string of the molecule is CC1=C[C@@](C)(C(C)I)OC1=O. The van der Waals surface area contributed by atoms with Crippen molar-refractivity contribution in [3.63, 3.8) is 0 Å². The molecule has 0 radical (unpaired) electrons. The van der Waals surface area contributed by atoms with Gasteiger partial charge in [0.05, 0.1) is 3.92 Å². The zero-order chi connectivity index (χ0) is 8.65. The van der Waals surface area contributed by atoms with Crippen molar-refractivity contribution in [2.75, 3.05) is 0 Å². The maximum absolute atomic E-state index is 11.0. The fourth-order valence-electron chi connectivity index (χ4n) is 0.995. The number of carbonyl (C=O) groups excluding carboxylic acids is 1. The Kier molecular flexibility index (Phi) is 2.27. The average Bonchev–Trinajstić information content (AvgIpc) is 2.09. The minimum Gasteiger partial charge on any atom is -0.451 e. The summed E-state index contributed by atoms with van der Waals surface area (Å²) in [6.45, 7) is 5.74. The van der Waals surface area contributed by atoms with E-state index in [4.69, 9.17) is 4.74 Å². The van der Waals surface area contributed by atoms with Crippen molar-refractivity contribution in [2.24, 2.45) is 0 Å². The third kappa shape index (κ3) is 1.58. The third-order valence-electron chi connectivity index (χ3n) is 1.93. The van der Waals surface area contributed by atoms with Crippen molar-refractivity contribution in [3.8, 4) is 0 Å². The van der Waals surface area contributed by atoms with E-state index in [1.165, 1.54) is 0 Å². The number of rotatable bonds is 1. The van der Waals surface area contributed by atoms with Crippen molar-refractivity contribution in [1.29, 1.82) is 0 Å². The Bertz CT molecular complexity index is 220. The zero-order valence-corrected chi connectivity index (χ0v) is 9.01. The van der Waals surface area contributed by atoms with Crippen LogP contribution in [0.2, 0.25) is 0 Å². The first-order valence-corrected chi connectivity index (χ1v) is 4.77. The van der Waals surface area contributed by atoms with Gasteiger partial charge in [0.25, 0.3) is 0 Å². The van der Waals surface area contributed by atoms with E-state index in [9.17, 15) is 4.79 Å². The second kappa shape index (κ2) is 2.77. The molecule has 0 aromatic heterocycles. The molecule has 1 aliphatic heterocycles. The molecular weight excluding hydrogens is 255 g/mol. The number of ether oxygens (including phenoxy) is 1. The highest BCUT2D eigenvalue weighted by atomic mass is 127. The summed E-state index contributed by atoms with van der Waals surface area (Å²) in [5, 5.41) is 0. The lowest BCUT2D eigenvalue weighted by atomic mass is 10.0. The Hall–Kier alpha value is -0.0600. The standard InChI is InChI=1S/C8H11IO2/c1-5-4-8(3,6(2)9)11-7(5)10/h4,6H,1-3H3/t6?,8-/m0/s1. The summed E-state index contributed by atoms with van der Waals surface area (Å²) in [6.07, 6.45) is 1.90. The van der Waals surface area contributed by atoms with E-state index in [0.717, 1.165) is 5.57 Å². The largest absolute Gasteiger partial charge is 0.451 e. The Morgan fingerprint density at radius 2 is 2.27 bits per heavy atom. The van der Waals surface area contributed by atoms with Crippen LogP contribution in [0.1, 0.15) is 20.8 Å². The Morgan fingerprint density at radius 1 is 1.73 bits per heavy atom. The van der Waals surface area contributed by atoms with E-state index in [0.29, 0.717) is 3.92 Å². The molecule has 62 valence electrons. The van der Waals surface area contributed by atoms with Gasteiger partial charge in [0.1, 0.15) is 5.60 Å². The Morgan fingerprint density at radius 3 is 2.45 bits per heavy atom. The summed E-state index contributed by atoms with van der Waals surface area (Å²) in [5.74, 6) is -0.184. The highest BCUT2D eigenvalue weighted by Gasteiger charge is 2.37. The smallest absolute Gasteiger partial charge is 0.334 e. The van der Waals surface area contributed by atoms with E-state index in [1.54, 1.807) is 6.92 Å². The van der Waals surface area contributed by atoms with Gasteiger partial charge in [0, 0.05) is 5.57 Å². The van der Waals surface area contributed by atoms with Crippen LogP contribution in [0.5, 0.6) is 0 Å². The molecule has 0 fully saturated rings.